The Balaban J connectivity index is 1.85. The quantitative estimate of drug-likeness (QED) is 0.305. The van der Waals surface area contributed by atoms with Crippen molar-refractivity contribution in [2.45, 2.75) is 5.92 Å². The van der Waals surface area contributed by atoms with E-state index in [1.807, 2.05) is 0 Å². The highest BCUT2D eigenvalue weighted by atomic mass is 16.5. The van der Waals surface area contributed by atoms with E-state index < -0.39 is 11.9 Å². The molecule has 0 aliphatic carbocycles. The molecule has 0 aromatic heterocycles. The number of rotatable bonds is 3. The third kappa shape index (κ3) is 3.18. The maximum atomic E-state index is 12.0. The van der Waals surface area contributed by atoms with Crippen molar-refractivity contribution in [1.29, 1.82) is 0 Å². The zero-order valence-electron chi connectivity index (χ0n) is 16.7. The van der Waals surface area contributed by atoms with Crippen LogP contribution in [0.3, 0.4) is 0 Å². The van der Waals surface area contributed by atoms with E-state index in [0.29, 0.717) is 33.8 Å². The molecule has 1 aliphatic heterocycles. The summed E-state index contributed by atoms with van der Waals surface area (Å²) in [7, 11) is 0. The van der Waals surface area contributed by atoms with Gasteiger partial charge in [-0.15, -0.1) is 0 Å². The van der Waals surface area contributed by atoms with Gasteiger partial charge in [0.25, 0.3) is 0 Å². The fraction of sp³-hybridized carbons (Fsp3) is 0.0385. The van der Waals surface area contributed by atoms with E-state index in [2.05, 4.69) is 0 Å². The number of carboxylic acids is 1. The van der Waals surface area contributed by atoms with Gasteiger partial charge in [-0.1, -0.05) is 36.4 Å². The Morgan fingerprint density at radius 2 is 1.41 bits per heavy atom. The van der Waals surface area contributed by atoms with Gasteiger partial charge in [0.15, 0.2) is 0 Å². The lowest BCUT2D eigenvalue weighted by molar-refractivity contribution is 0.0695. The average Bonchev–Trinajstić information content (AvgIpc) is 2.77. The van der Waals surface area contributed by atoms with Gasteiger partial charge in [-0.05, 0) is 47.0 Å². The smallest absolute Gasteiger partial charge is 0.335 e. The monoisotopic (exact) mass is 426 g/mol. The van der Waals surface area contributed by atoms with Crippen LogP contribution < -0.4 is 4.74 Å². The molecule has 4 aromatic carbocycles. The summed E-state index contributed by atoms with van der Waals surface area (Å²) in [5.41, 5.74) is 3.44. The summed E-state index contributed by atoms with van der Waals surface area (Å²) >= 11 is 0. The van der Waals surface area contributed by atoms with Gasteiger partial charge in [-0.2, -0.15) is 0 Å². The summed E-state index contributed by atoms with van der Waals surface area (Å²) in [5.74, 6) is -0.768. The molecule has 5 rings (SSSR count). The van der Waals surface area contributed by atoms with Crippen molar-refractivity contribution in [2.24, 2.45) is 0 Å². The Bertz CT molecular complexity index is 1360. The lowest BCUT2D eigenvalue weighted by Crippen LogP contribution is -2.16. The van der Waals surface area contributed by atoms with E-state index in [0.717, 1.165) is 5.56 Å². The first-order valence-corrected chi connectivity index (χ1v) is 9.91. The SMILES string of the molecule is O=C(O)c1ccccc1C1c2ccc(O)cc2Oc2cc(O)cc(-c3ccc(O)cc3)c21. The summed E-state index contributed by atoms with van der Waals surface area (Å²) < 4.78 is 6.06. The Morgan fingerprint density at radius 3 is 2.16 bits per heavy atom. The number of aromatic carboxylic acids is 1. The van der Waals surface area contributed by atoms with E-state index >= 15 is 0 Å². The van der Waals surface area contributed by atoms with Crippen LogP contribution in [0, 0.1) is 0 Å². The third-order valence-electron chi connectivity index (χ3n) is 5.62. The number of ether oxygens (including phenoxy) is 1. The van der Waals surface area contributed by atoms with Crippen molar-refractivity contribution in [3.63, 3.8) is 0 Å². The second-order valence-corrected chi connectivity index (χ2v) is 7.60. The van der Waals surface area contributed by atoms with Crippen LogP contribution in [0.5, 0.6) is 28.7 Å². The first-order chi connectivity index (χ1) is 15.4. The second-order valence-electron chi connectivity index (χ2n) is 7.60. The van der Waals surface area contributed by atoms with Crippen molar-refractivity contribution in [3.05, 3.63) is 101 Å². The lowest BCUT2D eigenvalue weighted by Gasteiger charge is -2.31. The Hall–Kier alpha value is -4.45. The van der Waals surface area contributed by atoms with E-state index in [9.17, 15) is 25.2 Å². The minimum atomic E-state index is -1.06. The molecule has 0 saturated heterocycles. The molecule has 0 spiro atoms. The van der Waals surface area contributed by atoms with Crippen molar-refractivity contribution in [2.75, 3.05) is 0 Å². The highest BCUT2D eigenvalue weighted by molar-refractivity contribution is 5.91. The van der Waals surface area contributed by atoms with Crippen LogP contribution in [0.25, 0.3) is 11.1 Å². The van der Waals surface area contributed by atoms with Crippen LogP contribution in [-0.4, -0.2) is 26.4 Å². The van der Waals surface area contributed by atoms with Crippen molar-refractivity contribution in [1.82, 2.24) is 0 Å². The number of hydrogen-bond acceptors (Lipinski definition) is 5. The van der Waals surface area contributed by atoms with E-state index in [1.54, 1.807) is 60.7 Å². The predicted molar refractivity (Wildman–Crippen MR) is 118 cm³/mol. The molecule has 0 radical (unpaired) electrons. The third-order valence-corrected chi connectivity index (χ3v) is 5.62. The number of phenolic OH excluding ortho intramolecular Hbond substituents is 3. The van der Waals surface area contributed by atoms with Gasteiger partial charge in [-0.3, -0.25) is 0 Å². The lowest BCUT2D eigenvalue weighted by atomic mass is 9.77. The van der Waals surface area contributed by atoms with Crippen LogP contribution in [0.15, 0.2) is 78.9 Å². The standard InChI is InChI=1S/C26H18O6/c27-15-7-5-14(6-8-15)21-11-17(29)13-23-25(21)24(18-3-1-2-4-19(18)26(30)31)20-10-9-16(28)12-22(20)32-23/h1-13,24,27-29H,(H,30,31). The Labute approximate surface area is 183 Å². The molecule has 6 heteroatoms. The van der Waals surface area contributed by atoms with Gasteiger partial charge in [0.1, 0.15) is 28.7 Å². The average molecular weight is 426 g/mol. The molecule has 0 fully saturated rings. The molecule has 32 heavy (non-hydrogen) atoms. The molecule has 1 unspecified atom stereocenters. The molecule has 158 valence electrons. The van der Waals surface area contributed by atoms with E-state index in [-0.39, 0.29) is 22.8 Å². The molecule has 1 aliphatic rings. The molecular formula is C26H18O6. The summed E-state index contributed by atoms with van der Waals surface area (Å²) in [6, 6.07) is 21.1. The molecule has 1 atom stereocenters. The molecule has 1 heterocycles. The zero-order chi connectivity index (χ0) is 22.4. The molecular weight excluding hydrogens is 408 g/mol. The fourth-order valence-corrected chi connectivity index (χ4v) is 4.26. The number of carbonyl (C=O) groups is 1. The summed E-state index contributed by atoms with van der Waals surface area (Å²) in [4.78, 5) is 12.0. The van der Waals surface area contributed by atoms with Crippen LogP contribution >= 0.6 is 0 Å². The number of benzene rings is 4. The van der Waals surface area contributed by atoms with E-state index in [1.165, 1.54) is 18.2 Å². The highest BCUT2D eigenvalue weighted by Gasteiger charge is 2.34. The summed E-state index contributed by atoms with van der Waals surface area (Å²) in [6.45, 7) is 0. The van der Waals surface area contributed by atoms with Crippen LogP contribution in [0.2, 0.25) is 0 Å². The molecule has 0 saturated carbocycles. The van der Waals surface area contributed by atoms with Gasteiger partial charge in [0.2, 0.25) is 0 Å². The normalized spacial score (nSPS) is 14.2. The molecule has 0 bridgehead atoms. The van der Waals surface area contributed by atoms with Gasteiger partial charge in [-0.25, -0.2) is 4.79 Å². The predicted octanol–water partition coefficient (Wildman–Crippen LogP) is 5.45. The van der Waals surface area contributed by atoms with Crippen LogP contribution in [-0.2, 0) is 0 Å². The minimum absolute atomic E-state index is 0.0105. The second kappa shape index (κ2) is 7.35. The molecule has 4 N–H and O–H groups in total. The number of carboxylic acid groups (broad SMARTS) is 1. The van der Waals surface area contributed by atoms with Gasteiger partial charge >= 0.3 is 5.97 Å². The van der Waals surface area contributed by atoms with Gasteiger partial charge < -0.3 is 25.2 Å². The van der Waals surface area contributed by atoms with Gasteiger partial charge in [0, 0.05) is 29.2 Å². The first-order valence-electron chi connectivity index (χ1n) is 9.91. The minimum Gasteiger partial charge on any atom is -0.508 e. The number of phenols is 3. The molecule has 0 amide bonds. The Kier molecular flexibility index (Phi) is 4.48. The maximum Gasteiger partial charge on any atom is 0.335 e. The van der Waals surface area contributed by atoms with E-state index in [4.69, 9.17) is 4.74 Å². The topological polar surface area (TPSA) is 107 Å². The summed E-state index contributed by atoms with van der Waals surface area (Å²) in [6.07, 6.45) is 0. The Morgan fingerprint density at radius 1 is 0.719 bits per heavy atom. The molecule has 6 nitrogen and oxygen atoms in total. The maximum absolute atomic E-state index is 12.0. The molecule has 4 aromatic rings. The van der Waals surface area contributed by atoms with Crippen molar-refractivity contribution >= 4 is 5.97 Å². The number of aromatic hydroxyl groups is 3. The summed E-state index contributed by atoms with van der Waals surface area (Å²) in [5, 5.41) is 40.0. The van der Waals surface area contributed by atoms with Crippen LogP contribution in [0.1, 0.15) is 33.0 Å². The fourth-order valence-electron chi connectivity index (χ4n) is 4.26. The zero-order valence-corrected chi connectivity index (χ0v) is 16.7. The first kappa shape index (κ1) is 19.5. The number of hydrogen-bond donors (Lipinski definition) is 4. The van der Waals surface area contributed by atoms with Crippen molar-refractivity contribution in [3.8, 4) is 39.9 Å². The highest BCUT2D eigenvalue weighted by Crippen LogP contribution is 2.53. The van der Waals surface area contributed by atoms with Gasteiger partial charge in [0.05, 0.1) is 5.56 Å². The largest absolute Gasteiger partial charge is 0.508 e. The van der Waals surface area contributed by atoms with Crippen molar-refractivity contribution < 1.29 is 30.0 Å². The number of fused-ring (bicyclic) bond motifs is 2. The van der Waals surface area contributed by atoms with Crippen LogP contribution in [0.4, 0.5) is 0 Å².